The number of rotatable bonds is 5. The fraction of sp³-hybridized carbons (Fsp3) is 0.118. The van der Waals surface area contributed by atoms with Crippen LogP contribution in [0.3, 0.4) is 0 Å². The van der Waals surface area contributed by atoms with E-state index in [1.807, 2.05) is 42.5 Å². The number of ether oxygens (including phenoxy) is 1. The molecule has 0 amide bonds. The van der Waals surface area contributed by atoms with Crippen molar-refractivity contribution in [2.75, 3.05) is 0 Å². The van der Waals surface area contributed by atoms with Gasteiger partial charge >= 0.3 is 0 Å². The van der Waals surface area contributed by atoms with Gasteiger partial charge < -0.3 is 4.74 Å². The largest absolute Gasteiger partial charge is 0.457 e. The molecule has 0 saturated heterocycles. The Bertz CT molecular complexity index is 483. The van der Waals surface area contributed by atoms with E-state index in [0.29, 0.717) is 0 Å². The van der Waals surface area contributed by atoms with Gasteiger partial charge in [0.25, 0.3) is 0 Å². The van der Waals surface area contributed by atoms with Crippen LogP contribution in [0.4, 0.5) is 0 Å². The predicted octanol–water partition coefficient (Wildman–Crippen LogP) is 5.11. The highest BCUT2D eigenvalue weighted by Gasteiger charge is 1.95. The van der Waals surface area contributed by atoms with Gasteiger partial charge in [-0.25, -0.2) is 0 Å². The maximum Gasteiger partial charge on any atom is 0.127 e. The van der Waals surface area contributed by atoms with E-state index >= 15 is 0 Å². The van der Waals surface area contributed by atoms with Crippen molar-refractivity contribution < 1.29 is 4.74 Å². The predicted molar refractivity (Wildman–Crippen MR) is 76.6 cm³/mol. The van der Waals surface area contributed by atoms with E-state index in [9.17, 15) is 0 Å². The summed E-state index contributed by atoms with van der Waals surface area (Å²) in [5.74, 6) is 1.72. The second-order valence-electron chi connectivity index (χ2n) is 4.03. The second-order valence-corrected chi connectivity index (χ2v) is 4.03. The molecular weight excluding hydrogens is 220 g/mol. The minimum absolute atomic E-state index is 0.857. The van der Waals surface area contributed by atoms with Crippen LogP contribution in [0.2, 0.25) is 0 Å². The van der Waals surface area contributed by atoms with Crippen LogP contribution in [-0.2, 0) is 0 Å². The topological polar surface area (TPSA) is 9.23 Å². The first-order chi connectivity index (χ1) is 8.88. The Morgan fingerprint density at radius 1 is 0.889 bits per heavy atom. The third-order valence-corrected chi connectivity index (χ3v) is 2.54. The Labute approximate surface area is 109 Å². The highest BCUT2D eigenvalue weighted by Crippen LogP contribution is 2.21. The van der Waals surface area contributed by atoms with Crippen molar-refractivity contribution in [3.05, 3.63) is 73.2 Å². The molecule has 0 atom stereocenters. The van der Waals surface area contributed by atoms with Gasteiger partial charge in [-0.3, -0.25) is 0 Å². The summed E-state index contributed by atoms with van der Waals surface area (Å²) < 4.78 is 5.72. The third kappa shape index (κ3) is 3.77. The molecule has 0 unspecified atom stereocenters. The van der Waals surface area contributed by atoms with Crippen molar-refractivity contribution in [3.8, 4) is 11.5 Å². The molecule has 2 rings (SSSR count). The standard InChI is InChI=1S/C17H17O/c1-2-3-5-8-15-11-13-17(14-12-15)18-16-9-6-4-7-10-16/h4-14H,1-3H2. The molecule has 0 heterocycles. The zero-order valence-electron chi connectivity index (χ0n) is 10.4. The lowest BCUT2D eigenvalue weighted by molar-refractivity contribution is 0.482. The summed E-state index contributed by atoms with van der Waals surface area (Å²) in [7, 11) is 0. The van der Waals surface area contributed by atoms with Crippen molar-refractivity contribution in [2.24, 2.45) is 0 Å². The van der Waals surface area contributed by atoms with Crippen LogP contribution in [0, 0.1) is 6.92 Å². The molecule has 1 radical (unpaired) electrons. The molecule has 1 heteroatoms. The molecule has 0 aliphatic carbocycles. The van der Waals surface area contributed by atoms with Crippen molar-refractivity contribution in [2.45, 2.75) is 12.8 Å². The van der Waals surface area contributed by atoms with E-state index in [4.69, 9.17) is 4.74 Å². The number of allylic oxidation sites excluding steroid dienone is 1. The first-order valence-corrected chi connectivity index (χ1v) is 6.17. The summed E-state index contributed by atoms with van der Waals surface area (Å²) in [5.41, 5.74) is 1.18. The summed E-state index contributed by atoms with van der Waals surface area (Å²) in [4.78, 5) is 0. The molecule has 18 heavy (non-hydrogen) atoms. The monoisotopic (exact) mass is 237 g/mol. The number of hydrogen-bond donors (Lipinski definition) is 0. The highest BCUT2D eigenvalue weighted by atomic mass is 16.5. The Morgan fingerprint density at radius 3 is 2.22 bits per heavy atom. The van der Waals surface area contributed by atoms with Gasteiger partial charge in [-0.05, 0) is 42.7 Å². The summed E-state index contributed by atoms with van der Waals surface area (Å²) in [6.07, 6.45) is 6.20. The summed E-state index contributed by atoms with van der Waals surface area (Å²) in [6, 6.07) is 17.9. The normalized spacial score (nSPS) is 10.7. The van der Waals surface area contributed by atoms with Gasteiger partial charge in [0.05, 0.1) is 0 Å². The fourth-order valence-corrected chi connectivity index (χ4v) is 1.61. The van der Waals surface area contributed by atoms with Crippen LogP contribution in [0.1, 0.15) is 18.4 Å². The Morgan fingerprint density at radius 2 is 1.56 bits per heavy atom. The number of para-hydroxylation sites is 1. The molecule has 1 nitrogen and oxygen atoms in total. The number of unbranched alkanes of at least 4 members (excludes halogenated alkanes) is 1. The minimum Gasteiger partial charge on any atom is -0.457 e. The average molecular weight is 237 g/mol. The van der Waals surface area contributed by atoms with Gasteiger partial charge in [0, 0.05) is 0 Å². The molecule has 0 aliphatic heterocycles. The second kappa shape index (κ2) is 6.65. The zero-order chi connectivity index (χ0) is 12.6. The molecule has 0 spiro atoms. The Balaban J connectivity index is 2.00. The molecule has 2 aromatic carbocycles. The van der Waals surface area contributed by atoms with Gasteiger partial charge in [0.1, 0.15) is 11.5 Å². The first kappa shape index (κ1) is 12.4. The van der Waals surface area contributed by atoms with Crippen LogP contribution in [-0.4, -0.2) is 0 Å². The van der Waals surface area contributed by atoms with E-state index in [1.165, 1.54) is 5.56 Å². The maximum absolute atomic E-state index is 5.72. The lowest BCUT2D eigenvalue weighted by Gasteiger charge is -2.05. The lowest BCUT2D eigenvalue weighted by atomic mass is 10.2. The maximum atomic E-state index is 5.72. The Hall–Kier alpha value is -2.02. The van der Waals surface area contributed by atoms with E-state index in [-0.39, 0.29) is 0 Å². The SMILES string of the molecule is [CH2]CCC=Cc1ccc(Oc2ccccc2)cc1. The summed E-state index contributed by atoms with van der Waals surface area (Å²) in [6.45, 7) is 3.81. The molecule has 0 aliphatic rings. The van der Waals surface area contributed by atoms with Crippen molar-refractivity contribution in [1.29, 1.82) is 0 Å². The smallest absolute Gasteiger partial charge is 0.127 e. The van der Waals surface area contributed by atoms with E-state index < -0.39 is 0 Å². The van der Waals surface area contributed by atoms with Gasteiger partial charge in [0.15, 0.2) is 0 Å². The van der Waals surface area contributed by atoms with Gasteiger partial charge in [-0.2, -0.15) is 0 Å². The fourth-order valence-electron chi connectivity index (χ4n) is 1.61. The zero-order valence-corrected chi connectivity index (χ0v) is 10.4. The van der Waals surface area contributed by atoms with Gasteiger partial charge in [0.2, 0.25) is 0 Å². The Kier molecular flexibility index (Phi) is 4.60. The lowest BCUT2D eigenvalue weighted by Crippen LogP contribution is -1.83. The quantitative estimate of drug-likeness (QED) is 0.702. The summed E-state index contributed by atoms with van der Waals surface area (Å²) in [5, 5.41) is 0. The van der Waals surface area contributed by atoms with Crippen molar-refractivity contribution in [3.63, 3.8) is 0 Å². The molecule has 0 N–H and O–H groups in total. The van der Waals surface area contributed by atoms with Crippen LogP contribution < -0.4 is 4.74 Å². The molecule has 0 saturated carbocycles. The highest BCUT2D eigenvalue weighted by molar-refractivity contribution is 5.50. The van der Waals surface area contributed by atoms with Crippen LogP contribution in [0.5, 0.6) is 11.5 Å². The van der Waals surface area contributed by atoms with E-state index in [0.717, 1.165) is 24.3 Å². The molecule has 0 bridgehead atoms. The molecule has 0 aromatic heterocycles. The first-order valence-electron chi connectivity index (χ1n) is 6.17. The number of hydrogen-bond acceptors (Lipinski definition) is 1. The minimum atomic E-state index is 0.857. The number of benzene rings is 2. The van der Waals surface area contributed by atoms with Crippen LogP contribution >= 0.6 is 0 Å². The molecular formula is C17H17O. The average Bonchev–Trinajstić information content (AvgIpc) is 2.42. The molecule has 2 aromatic rings. The van der Waals surface area contributed by atoms with Crippen LogP contribution in [0.15, 0.2) is 60.7 Å². The van der Waals surface area contributed by atoms with Crippen LogP contribution in [0.25, 0.3) is 6.08 Å². The van der Waals surface area contributed by atoms with Crippen molar-refractivity contribution >= 4 is 6.08 Å². The van der Waals surface area contributed by atoms with Crippen molar-refractivity contribution in [1.82, 2.24) is 0 Å². The van der Waals surface area contributed by atoms with Gasteiger partial charge in [-0.15, -0.1) is 0 Å². The molecule has 91 valence electrons. The van der Waals surface area contributed by atoms with E-state index in [1.54, 1.807) is 0 Å². The molecule has 0 fully saturated rings. The summed E-state index contributed by atoms with van der Waals surface area (Å²) >= 11 is 0. The van der Waals surface area contributed by atoms with E-state index in [2.05, 4.69) is 31.2 Å². The van der Waals surface area contributed by atoms with Gasteiger partial charge in [-0.1, -0.05) is 49.4 Å². The third-order valence-electron chi connectivity index (χ3n) is 2.54.